The molecule has 2 aliphatic carbocycles. The number of hydrogen-bond acceptors (Lipinski definition) is 1. The van der Waals surface area contributed by atoms with Gasteiger partial charge in [0.05, 0.1) is 5.60 Å². The third-order valence-electron chi connectivity index (χ3n) is 5.54. The fourth-order valence-electron chi connectivity index (χ4n) is 4.37. The van der Waals surface area contributed by atoms with E-state index < -0.39 is 17.2 Å². The minimum Gasteiger partial charge on any atom is -0.389 e. The lowest BCUT2D eigenvalue weighted by Gasteiger charge is -2.38. The van der Waals surface area contributed by atoms with Crippen LogP contribution < -0.4 is 0 Å². The highest BCUT2D eigenvalue weighted by atomic mass is 19.2. The van der Waals surface area contributed by atoms with Gasteiger partial charge in [-0.1, -0.05) is 32.6 Å². The summed E-state index contributed by atoms with van der Waals surface area (Å²) in [7, 11) is 0. The first-order chi connectivity index (χ1) is 10.0. The lowest BCUT2D eigenvalue weighted by atomic mass is 9.71. The fraction of sp³-hybridized carbons (Fsp3) is 0.667. The summed E-state index contributed by atoms with van der Waals surface area (Å²) < 4.78 is 26.7. The summed E-state index contributed by atoms with van der Waals surface area (Å²) in [6.07, 6.45) is 7.90. The molecule has 0 spiro atoms. The Balaban J connectivity index is 1.70. The predicted octanol–water partition coefficient (Wildman–Crippen LogP) is 4.40. The van der Waals surface area contributed by atoms with Crippen LogP contribution in [0.15, 0.2) is 12.1 Å². The van der Waals surface area contributed by atoms with Crippen molar-refractivity contribution in [2.24, 2.45) is 11.8 Å². The molecule has 0 radical (unpaired) electrons. The van der Waals surface area contributed by atoms with Gasteiger partial charge in [0.2, 0.25) is 0 Å². The lowest BCUT2D eigenvalue weighted by molar-refractivity contribution is -0.0298. The maximum absolute atomic E-state index is 13.3. The Kier molecular flexibility index (Phi) is 4.04. The smallest absolute Gasteiger partial charge is 0.159 e. The lowest BCUT2D eigenvalue weighted by Crippen LogP contribution is -2.40. The van der Waals surface area contributed by atoms with E-state index in [9.17, 15) is 13.9 Å². The summed E-state index contributed by atoms with van der Waals surface area (Å²) in [5.74, 6) is -0.535. The van der Waals surface area contributed by atoms with E-state index in [1.54, 1.807) is 0 Å². The van der Waals surface area contributed by atoms with E-state index in [-0.39, 0.29) is 5.92 Å². The van der Waals surface area contributed by atoms with Crippen molar-refractivity contribution < 1.29 is 13.9 Å². The van der Waals surface area contributed by atoms with Crippen LogP contribution in [0, 0.1) is 23.5 Å². The molecule has 1 N–H and O–H groups in total. The molecule has 0 aliphatic heterocycles. The molecule has 1 saturated carbocycles. The van der Waals surface area contributed by atoms with Crippen LogP contribution in [0.25, 0.3) is 0 Å². The van der Waals surface area contributed by atoms with Gasteiger partial charge in [0, 0.05) is 12.8 Å². The number of rotatable bonds is 3. The molecule has 3 heteroatoms. The van der Waals surface area contributed by atoms with Crippen molar-refractivity contribution in [2.75, 3.05) is 0 Å². The topological polar surface area (TPSA) is 20.2 Å². The van der Waals surface area contributed by atoms with Crippen molar-refractivity contribution in [1.82, 2.24) is 0 Å². The second-order valence-electron chi connectivity index (χ2n) is 7.00. The summed E-state index contributed by atoms with van der Waals surface area (Å²) in [4.78, 5) is 0. The minimum absolute atomic E-state index is 0.268. The number of halogens is 2. The van der Waals surface area contributed by atoms with Crippen LogP contribution in [-0.2, 0) is 12.8 Å². The monoisotopic (exact) mass is 294 g/mol. The zero-order chi connectivity index (χ0) is 15.0. The SMILES string of the molecule is CCCC1CCC(C2(O)Cc3cc(F)c(F)cc3C2)CC1. The zero-order valence-electron chi connectivity index (χ0n) is 12.7. The highest BCUT2D eigenvalue weighted by Gasteiger charge is 2.43. The molecule has 1 nitrogen and oxygen atoms in total. The van der Waals surface area contributed by atoms with Crippen LogP contribution in [0.5, 0.6) is 0 Å². The molecule has 1 aromatic rings. The Labute approximate surface area is 125 Å². The van der Waals surface area contributed by atoms with Crippen LogP contribution in [-0.4, -0.2) is 10.7 Å². The van der Waals surface area contributed by atoms with Gasteiger partial charge in [0.1, 0.15) is 0 Å². The van der Waals surface area contributed by atoms with Gasteiger partial charge < -0.3 is 5.11 Å². The molecule has 0 atom stereocenters. The van der Waals surface area contributed by atoms with Crippen molar-refractivity contribution in [3.63, 3.8) is 0 Å². The Hall–Kier alpha value is -0.960. The van der Waals surface area contributed by atoms with E-state index in [0.717, 1.165) is 29.9 Å². The number of fused-ring (bicyclic) bond motifs is 1. The van der Waals surface area contributed by atoms with Gasteiger partial charge in [-0.25, -0.2) is 8.78 Å². The van der Waals surface area contributed by atoms with Crippen LogP contribution in [0.2, 0.25) is 0 Å². The Morgan fingerprint density at radius 1 is 1.05 bits per heavy atom. The van der Waals surface area contributed by atoms with Gasteiger partial charge in [-0.05, 0) is 47.9 Å². The molecule has 0 aromatic heterocycles. The Bertz CT molecular complexity index is 487. The molecule has 1 fully saturated rings. The first-order valence-corrected chi connectivity index (χ1v) is 8.21. The van der Waals surface area contributed by atoms with Crippen LogP contribution in [0.1, 0.15) is 56.6 Å². The van der Waals surface area contributed by atoms with Crippen molar-refractivity contribution >= 4 is 0 Å². The zero-order valence-corrected chi connectivity index (χ0v) is 12.7. The molecular formula is C18H24F2O. The molecule has 0 saturated heterocycles. The van der Waals surface area contributed by atoms with E-state index in [2.05, 4.69) is 6.92 Å². The van der Waals surface area contributed by atoms with Crippen molar-refractivity contribution in [3.8, 4) is 0 Å². The van der Waals surface area contributed by atoms with Gasteiger partial charge in [0.25, 0.3) is 0 Å². The van der Waals surface area contributed by atoms with Gasteiger partial charge in [-0.15, -0.1) is 0 Å². The molecular weight excluding hydrogens is 270 g/mol. The third-order valence-corrected chi connectivity index (χ3v) is 5.54. The van der Waals surface area contributed by atoms with Gasteiger partial charge in [0.15, 0.2) is 11.6 Å². The van der Waals surface area contributed by atoms with Crippen LogP contribution >= 0.6 is 0 Å². The second kappa shape index (κ2) is 5.68. The van der Waals surface area contributed by atoms with E-state index in [0.29, 0.717) is 12.8 Å². The summed E-state index contributed by atoms with van der Waals surface area (Å²) in [5, 5.41) is 11.0. The van der Waals surface area contributed by atoms with Crippen LogP contribution in [0.4, 0.5) is 8.78 Å². The molecule has 21 heavy (non-hydrogen) atoms. The van der Waals surface area contributed by atoms with Gasteiger partial charge in [-0.3, -0.25) is 0 Å². The first kappa shape index (κ1) is 15.0. The Morgan fingerprint density at radius 3 is 2.05 bits per heavy atom. The highest BCUT2D eigenvalue weighted by molar-refractivity contribution is 5.37. The van der Waals surface area contributed by atoms with Crippen molar-refractivity contribution in [1.29, 1.82) is 0 Å². The predicted molar refractivity (Wildman–Crippen MR) is 79.1 cm³/mol. The van der Waals surface area contributed by atoms with E-state index in [1.165, 1.54) is 37.8 Å². The van der Waals surface area contributed by atoms with Gasteiger partial charge >= 0.3 is 0 Å². The molecule has 3 rings (SSSR count). The average Bonchev–Trinajstić information content (AvgIpc) is 2.77. The molecule has 0 heterocycles. The first-order valence-electron chi connectivity index (χ1n) is 8.21. The standard InChI is InChI=1S/C18H24F2O/c1-2-3-12-4-6-15(7-5-12)18(21)10-13-8-16(19)17(20)9-14(13)11-18/h8-9,12,15,21H,2-7,10-11H2,1H3. The molecule has 0 amide bonds. The molecule has 0 unspecified atom stereocenters. The van der Waals surface area contributed by atoms with E-state index >= 15 is 0 Å². The van der Waals surface area contributed by atoms with Crippen molar-refractivity contribution in [2.45, 2.75) is 63.9 Å². The summed E-state index contributed by atoms with van der Waals surface area (Å²) >= 11 is 0. The number of benzene rings is 1. The van der Waals surface area contributed by atoms with Crippen LogP contribution in [0.3, 0.4) is 0 Å². The molecule has 2 aliphatic rings. The summed E-state index contributed by atoms with van der Waals surface area (Å²) in [6, 6.07) is 2.54. The maximum Gasteiger partial charge on any atom is 0.159 e. The average molecular weight is 294 g/mol. The number of hydrogen-bond donors (Lipinski definition) is 1. The largest absolute Gasteiger partial charge is 0.389 e. The minimum atomic E-state index is -0.801. The maximum atomic E-state index is 13.3. The second-order valence-corrected chi connectivity index (χ2v) is 7.00. The quantitative estimate of drug-likeness (QED) is 0.876. The normalized spacial score (nSPS) is 27.6. The molecule has 0 bridgehead atoms. The summed E-state index contributed by atoms with van der Waals surface area (Å²) in [5.41, 5.74) is 0.777. The van der Waals surface area contributed by atoms with Gasteiger partial charge in [-0.2, -0.15) is 0 Å². The fourth-order valence-corrected chi connectivity index (χ4v) is 4.37. The van der Waals surface area contributed by atoms with E-state index in [4.69, 9.17) is 0 Å². The molecule has 1 aromatic carbocycles. The third kappa shape index (κ3) is 2.85. The van der Waals surface area contributed by atoms with E-state index in [1.807, 2.05) is 0 Å². The molecule has 116 valence electrons. The van der Waals surface area contributed by atoms with Crippen molar-refractivity contribution in [3.05, 3.63) is 34.9 Å². The Morgan fingerprint density at radius 2 is 1.57 bits per heavy atom. The summed E-state index contributed by atoms with van der Waals surface area (Å²) in [6.45, 7) is 2.22. The highest BCUT2D eigenvalue weighted by Crippen LogP contribution is 2.44. The number of aliphatic hydroxyl groups is 1.